The molecule has 1 N–H and O–H groups in total. The standard InChI is InChI=1S/C15H30N2O/c1-3-4-9-18-10-5-8-17-14-6-7-15(17)12-13(11-14)16-2/h13-16H,3-12H2,1-2H3. The summed E-state index contributed by atoms with van der Waals surface area (Å²) in [7, 11) is 2.11. The molecule has 0 aromatic heterocycles. The molecule has 2 atom stereocenters. The van der Waals surface area contributed by atoms with Crippen LogP contribution < -0.4 is 5.32 Å². The Hall–Kier alpha value is -0.120. The maximum absolute atomic E-state index is 5.66. The molecule has 106 valence electrons. The predicted molar refractivity (Wildman–Crippen MR) is 75.9 cm³/mol. The minimum atomic E-state index is 0.763. The lowest BCUT2D eigenvalue weighted by Crippen LogP contribution is -2.48. The molecule has 2 rings (SSSR count). The molecule has 0 amide bonds. The summed E-state index contributed by atoms with van der Waals surface area (Å²) in [5, 5.41) is 3.46. The summed E-state index contributed by atoms with van der Waals surface area (Å²) in [6.45, 7) is 5.36. The van der Waals surface area contributed by atoms with Crippen molar-refractivity contribution in [2.75, 3.05) is 26.8 Å². The largest absolute Gasteiger partial charge is 0.381 e. The Morgan fingerprint density at radius 1 is 1.11 bits per heavy atom. The third kappa shape index (κ3) is 3.69. The first-order valence-electron chi connectivity index (χ1n) is 7.86. The number of rotatable bonds is 8. The lowest BCUT2D eigenvalue weighted by molar-refractivity contribution is 0.0857. The predicted octanol–water partition coefficient (Wildman–Crippen LogP) is 2.41. The van der Waals surface area contributed by atoms with Crippen molar-refractivity contribution in [1.82, 2.24) is 10.2 Å². The Bertz CT molecular complexity index is 221. The molecule has 2 fully saturated rings. The van der Waals surface area contributed by atoms with Gasteiger partial charge in [0, 0.05) is 37.9 Å². The quantitative estimate of drug-likeness (QED) is 0.673. The van der Waals surface area contributed by atoms with Crippen molar-refractivity contribution in [3.8, 4) is 0 Å². The molecule has 0 aromatic carbocycles. The summed E-state index contributed by atoms with van der Waals surface area (Å²) in [5.74, 6) is 0. The minimum absolute atomic E-state index is 0.763. The molecular weight excluding hydrogens is 224 g/mol. The van der Waals surface area contributed by atoms with Crippen LogP contribution in [0.25, 0.3) is 0 Å². The molecular formula is C15H30N2O. The van der Waals surface area contributed by atoms with E-state index in [0.717, 1.165) is 31.3 Å². The number of hydrogen-bond acceptors (Lipinski definition) is 3. The number of nitrogens with one attached hydrogen (secondary N) is 1. The Labute approximate surface area is 112 Å². The molecule has 0 radical (unpaired) electrons. The van der Waals surface area contributed by atoms with Gasteiger partial charge in [0.25, 0.3) is 0 Å². The van der Waals surface area contributed by atoms with Crippen LogP contribution in [0.3, 0.4) is 0 Å². The number of nitrogens with zero attached hydrogens (tertiary/aromatic N) is 1. The summed E-state index contributed by atoms with van der Waals surface area (Å²) in [4.78, 5) is 2.76. The number of fused-ring (bicyclic) bond motifs is 2. The highest BCUT2D eigenvalue weighted by Crippen LogP contribution is 2.35. The zero-order valence-corrected chi connectivity index (χ0v) is 12.2. The zero-order chi connectivity index (χ0) is 12.8. The topological polar surface area (TPSA) is 24.5 Å². The fourth-order valence-corrected chi connectivity index (χ4v) is 3.57. The van der Waals surface area contributed by atoms with Gasteiger partial charge in [0.1, 0.15) is 0 Å². The van der Waals surface area contributed by atoms with Crippen molar-refractivity contribution >= 4 is 0 Å². The van der Waals surface area contributed by atoms with Gasteiger partial charge in [-0.2, -0.15) is 0 Å². The average Bonchev–Trinajstić information content (AvgIpc) is 2.63. The fourth-order valence-electron chi connectivity index (χ4n) is 3.57. The van der Waals surface area contributed by atoms with E-state index >= 15 is 0 Å². The van der Waals surface area contributed by atoms with Crippen LogP contribution in [0, 0.1) is 0 Å². The Kier molecular flexibility index (Phi) is 5.93. The van der Waals surface area contributed by atoms with Gasteiger partial charge in [-0.15, -0.1) is 0 Å². The molecule has 3 nitrogen and oxygen atoms in total. The van der Waals surface area contributed by atoms with E-state index in [1.807, 2.05) is 0 Å². The van der Waals surface area contributed by atoms with Gasteiger partial charge in [-0.3, -0.25) is 4.90 Å². The second-order valence-electron chi connectivity index (χ2n) is 5.90. The second kappa shape index (κ2) is 7.46. The van der Waals surface area contributed by atoms with Crippen molar-refractivity contribution in [2.45, 2.75) is 70.0 Å². The SMILES string of the molecule is CCCCOCCCN1C2CCC1CC(NC)C2. The fraction of sp³-hybridized carbons (Fsp3) is 1.00. The van der Waals surface area contributed by atoms with E-state index in [0.29, 0.717) is 0 Å². The number of unbranched alkanes of at least 4 members (excludes halogenated alkanes) is 1. The molecule has 2 unspecified atom stereocenters. The van der Waals surface area contributed by atoms with Gasteiger partial charge in [-0.05, 0) is 45.6 Å². The molecule has 0 aliphatic carbocycles. The molecule has 0 saturated carbocycles. The maximum Gasteiger partial charge on any atom is 0.0478 e. The van der Waals surface area contributed by atoms with Gasteiger partial charge in [-0.25, -0.2) is 0 Å². The molecule has 2 aliphatic rings. The van der Waals surface area contributed by atoms with Crippen LogP contribution in [0.15, 0.2) is 0 Å². The van der Waals surface area contributed by atoms with Crippen molar-refractivity contribution in [1.29, 1.82) is 0 Å². The first-order valence-corrected chi connectivity index (χ1v) is 7.86. The molecule has 2 saturated heterocycles. The van der Waals surface area contributed by atoms with E-state index in [1.165, 1.54) is 51.5 Å². The van der Waals surface area contributed by atoms with Crippen molar-refractivity contribution in [3.63, 3.8) is 0 Å². The maximum atomic E-state index is 5.66. The van der Waals surface area contributed by atoms with E-state index < -0.39 is 0 Å². The summed E-state index contributed by atoms with van der Waals surface area (Å²) >= 11 is 0. The smallest absolute Gasteiger partial charge is 0.0478 e. The van der Waals surface area contributed by atoms with E-state index in [2.05, 4.69) is 24.2 Å². The monoisotopic (exact) mass is 254 g/mol. The molecule has 2 bridgehead atoms. The van der Waals surface area contributed by atoms with Gasteiger partial charge in [0.15, 0.2) is 0 Å². The van der Waals surface area contributed by atoms with Crippen LogP contribution in [0.4, 0.5) is 0 Å². The van der Waals surface area contributed by atoms with E-state index in [9.17, 15) is 0 Å². The number of piperidine rings is 1. The summed E-state index contributed by atoms with van der Waals surface area (Å²) in [5.41, 5.74) is 0. The first-order chi connectivity index (χ1) is 8.85. The lowest BCUT2D eigenvalue weighted by atomic mass is 9.97. The molecule has 3 heteroatoms. The molecule has 2 aliphatic heterocycles. The van der Waals surface area contributed by atoms with Crippen LogP contribution >= 0.6 is 0 Å². The van der Waals surface area contributed by atoms with Crippen LogP contribution in [0.2, 0.25) is 0 Å². The zero-order valence-electron chi connectivity index (χ0n) is 12.2. The van der Waals surface area contributed by atoms with Crippen LogP contribution in [0.5, 0.6) is 0 Å². The van der Waals surface area contributed by atoms with Crippen LogP contribution in [-0.4, -0.2) is 49.8 Å². The minimum Gasteiger partial charge on any atom is -0.381 e. The van der Waals surface area contributed by atoms with Crippen molar-refractivity contribution in [2.24, 2.45) is 0 Å². The first kappa shape index (κ1) is 14.3. The molecule has 0 aromatic rings. The van der Waals surface area contributed by atoms with Gasteiger partial charge in [0.2, 0.25) is 0 Å². The number of hydrogen-bond donors (Lipinski definition) is 1. The highest BCUT2D eigenvalue weighted by molar-refractivity contribution is 4.96. The van der Waals surface area contributed by atoms with Crippen molar-refractivity contribution < 1.29 is 4.74 Å². The molecule has 2 heterocycles. The van der Waals surface area contributed by atoms with E-state index in [4.69, 9.17) is 4.74 Å². The lowest BCUT2D eigenvalue weighted by Gasteiger charge is -2.38. The van der Waals surface area contributed by atoms with Crippen LogP contribution in [-0.2, 0) is 4.74 Å². The summed E-state index contributed by atoms with van der Waals surface area (Å²) in [6, 6.07) is 2.45. The molecule has 18 heavy (non-hydrogen) atoms. The highest BCUT2D eigenvalue weighted by atomic mass is 16.5. The van der Waals surface area contributed by atoms with Crippen LogP contribution in [0.1, 0.15) is 51.9 Å². The van der Waals surface area contributed by atoms with Gasteiger partial charge >= 0.3 is 0 Å². The van der Waals surface area contributed by atoms with Gasteiger partial charge < -0.3 is 10.1 Å². The van der Waals surface area contributed by atoms with Gasteiger partial charge in [0.05, 0.1) is 0 Å². The second-order valence-corrected chi connectivity index (χ2v) is 5.90. The van der Waals surface area contributed by atoms with E-state index in [1.54, 1.807) is 0 Å². The van der Waals surface area contributed by atoms with Gasteiger partial charge in [-0.1, -0.05) is 13.3 Å². The summed E-state index contributed by atoms with van der Waals surface area (Å²) < 4.78 is 5.66. The number of ether oxygens (including phenoxy) is 1. The molecule has 0 spiro atoms. The average molecular weight is 254 g/mol. The Morgan fingerprint density at radius 2 is 1.78 bits per heavy atom. The normalized spacial score (nSPS) is 32.0. The Balaban J connectivity index is 1.62. The third-order valence-electron chi connectivity index (χ3n) is 4.64. The highest BCUT2D eigenvalue weighted by Gasteiger charge is 2.39. The Morgan fingerprint density at radius 3 is 2.39 bits per heavy atom. The van der Waals surface area contributed by atoms with E-state index in [-0.39, 0.29) is 0 Å². The summed E-state index contributed by atoms with van der Waals surface area (Å²) in [6.07, 6.45) is 9.19. The van der Waals surface area contributed by atoms with Crippen molar-refractivity contribution in [3.05, 3.63) is 0 Å². The third-order valence-corrected chi connectivity index (χ3v) is 4.64.